The summed E-state index contributed by atoms with van der Waals surface area (Å²) < 4.78 is 4.46. The van der Waals surface area contributed by atoms with Crippen LogP contribution in [0.15, 0.2) is 34.9 Å². The third kappa shape index (κ3) is 1.74. The summed E-state index contributed by atoms with van der Waals surface area (Å²) in [7, 11) is 0. The molecule has 1 heterocycles. The SMILES string of the molecule is CC1C(c2nc(-c3ccccc3)no2)C1(Cl)Cl. The highest BCUT2D eigenvalue weighted by Crippen LogP contribution is 2.64. The summed E-state index contributed by atoms with van der Waals surface area (Å²) in [5, 5.41) is 3.94. The monoisotopic (exact) mass is 268 g/mol. The van der Waals surface area contributed by atoms with Crippen molar-refractivity contribution in [3.63, 3.8) is 0 Å². The van der Waals surface area contributed by atoms with Gasteiger partial charge in [-0.25, -0.2) is 0 Å². The van der Waals surface area contributed by atoms with Crippen molar-refractivity contribution < 1.29 is 4.52 Å². The van der Waals surface area contributed by atoms with Crippen molar-refractivity contribution in [2.75, 3.05) is 0 Å². The zero-order valence-electron chi connectivity index (χ0n) is 9.10. The summed E-state index contributed by atoms with van der Waals surface area (Å²) in [5.74, 6) is 1.18. The first-order valence-corrected chi connectivity index (χ1v) is 6.13. The summed E-state index contributed by atoms with van der Waals surface area (Å²) in [6.45, 7) is 1.97. The zero-order valence-corrected chi connectivity index (χ0v) is 10.6. The number of hydrogen-bond acceptors (Lipinski definition) is 3. The Morgan fingerprint density at radius 1 is 1.24 bits per heavy atom. The Morgan fingerprint density at radius 2 is 1.88 bits per heavy atom. The molecule has 0 amide bonds. The first kappa shape index (κ1) is 11.1. The molecular formula is C12H10Cl2N2O. The molecule has 2 aromatic rings. The zero-order chi connectivity index (χ0) is 12.0. The van der Waals surface area contributed by atoms with E-state index in [1.807, 2.05) is 37.3 Å². The molecule has 3 nitrogen and oxygen atoms in total. The van der Waals surface area contributed by atoms with E-state index in [1.54, 1.807) is 0 Å². The molecule has 3 rings (SSSR count). The molecule has 1 aromatic carbocycles. The van der Waals surface area contributed by atoms with Crippen LogP contribution in [-0.4, -0.2) is 14.5 Å². The van der Waals surface area contributed by atoms with Gasteiger partial charge in [-0.1, -0.05) is 42.4 Å². The van der Waals surface area contributed by atoms with E-state index in [2.05, 4.69) is 10.1 Å². The number of halogens is 2. The molecule has 5 heteroatoms. The Kier molecular flexibility index (Phi) is 2.42. The fraction of sp³-hybridized carbons (Fsp3) is 0.333. The molecule has 0 N–H and O–H groups in total. The van der Waals surface area contributed by atoms with Crippen LogP contribution in [0, 0.1) is 5.92 Å². The van der Waals surface area contributed by atoms with E-state index in [-0.39, 0.29) is 11.8 Å². The highest BCUT2D eigenvalue weighted by atomic mass is 35.5. The van der Waals surface area contributed by atoms with Gasteiger partial charge >= 0.3 is 0 Å². The molecule has 0 spiro atoms. The van der Waals surface area contributed by atoms with Crippen LogP contribution in [0.5, 0.6) is 0 Å². The van der Waals surface area contributed by atoms with E-state index in [0.29, 0.717) is 11.7 Å². The van der Waals surface area contributed by atoms with Gasteiger partial charge in [0.25, 0.3) is 0 Å². The van der Waals surface area contributed by atoms with Gasteiger partial charge in [0, 0.05) is 11.5 Å². The molecule has 0 radical (unpaired) electrons. The van der Waals surface area contributed by atoms with Crippen LogP contribution in [0.4, 0.5) is 0 Å². The Hall–Kier alpha value is -1.06. The number of aromatic nitrogens is 2. The van der Waals surface area contributed by atoms with Crippen molar-refractivity contribution in [2.45, 2.75) is 17.2 Å². The van der Waals surface area contributed by atoms with Crippen LogP contribution in [0.2, 0.25) is 0 Å². The number of alkyl halides is 2. The van der Waals surface area contributed by atoms with Gasteiger partial charge in [0.1, 0.15) is 4.33 Å². The lowest BCUT2D eigenvalue weighted by Gasteiger charge is -1.92. The number of nitrogens with zero attached hydrogens (tertiary/aromatic N) is 2. The highest BCUT2D eigenvalue weighted by Gasteiger charge is 2.64. The third-order valence-electron chi connectivity index (χ3n) is 3.15. The van der Waals surface area contributed by atoms with Crippen molar-refractivity contribution in [1.82, 2.24) is 10.1 Å². The number of hydrogen-bond donors (Lipinski definition) is 0. The topological polar surface area (TPSA) is 38.9 Å². The van der Waals surface area contributed by atoms with Gasteiger partial charge in [-0.15, -0.1) is 23.2 Å². The lowest BCUT2D eigenvalue weighted by atomic mass is 10.2. The van der Waals surface area contributed by atoms with Gasteiger partial charge in [0.05, 0.1) is 5.92 Å². The standard InChI is InChI=1S/C12H10Cl2N2O/c1-7-9(12(7,13)14)11-15-10(16-17-11)8-5-3-2-4-6-8/h2-7,9H,1H3. The fourth-order valence-electron chi connectivity index (χ4n) is 1.92. The van der Waals surface area contributed by atoms with Crippen molar-refractivity contribution in [2.24, 2.45) is 5.92 Å². The molecule has 0 aliphatic heterocycles. The largest absolute Gasteiger partial charge is 0.339 e. The van der Waals surface area contributed by atoms with Crippen LogP contribution in [0.25, 0.3) is 11.4 Å². The summed E-state index contributed by atoms with van der Waals surface area (Å²) >= 11 is 12.2. The first-order chi connectivity index (χ1) is 8.10. The second kappa shape index (κ2) is 3.72. The Labute approximate surface area is 109 Å². The number of rotatable bonds is 2. The maximum Gasteiger partial charge on any atom is 0.233 e. The van der Waals surface area contributed by atoms with E-state index in [1.165, 1.54) is 0 Å². The maximum atomic E-state index is 6.09. The normalized spacial score (nSPS) is 25.8. The van der Waals surface area contributed by atoms with Gasteiger partial charge in [-0.2, -0.15) is 4.98 Å². The minimum absolute atomic E-state index is 0.0594. The summed E-state index contributed by atoms with van der Waals surface area (Å²) in [6.07, 6.45) is 0. The molecule has 1 aliphatic rings. The van der Waals surface area contributed by atoms with Crippen LogP contribution in [0.1, 0.15) is 18.7 Å². The molecule has 88 valence electrons. The highest BCUT2D eigenvalue weighted by molar-refractivity contribution is 6.51. The predicted molar refractivity (Wildman–Crippen MR) is 66.1 cm³/mol. The maximum absolute atomic E-state index is 6.09. The van der Waals surface area contributed by atoms with Crippen LogP contribution >= 0.6 is 23.2 Å². The predicted octanol–water partition coefficient (Wildman–Crippen LogP) is 3.64. The second-order valence-corrected chi connectivity index (χ2v) is 5.71. The number of benzene rings is 1. The minimum Gasteiger partial charge on any atom is -0.339 e. The van der Waals surface area contributed by atoms with E-state index < -0.39 is 4.33 Å². The van der Waals surface area contributed by atoms with Gasteiger partial charge < -0.3 is 4.52 Å². The average Bonchev–Trinajstić information content (AvgIpc) is 2.72. The van der Waals surface area contributed by atoms with E-state index in [4.69, 9.17) is 27.7 Å². The second-order valence-electron chi connectivity index (χ2n) is 4.26. The van der Waals surface area contributed by atoms with Crippen LogP contribution < -0.4 is 0 Å². The van der Waals surface area contributed by atoms with E-state index in [0.717, 1.165) is 5.56 Å². The Bertz CT molecular complexity index is 538. The molecule has 0 bridgehead atoms. The molecule has 1 aromatic heterocycles. The quantitative estimate of drug-likeness (QED) is 0.781. The van der Waals surface area contributed by atoms with Gasteiger partial charge in [0.15, 0.2) is 0 Å². The lowest BCUT2D eigenvalue weighted by Crippen LogP contribution is -1.90. The molecule has 1 saturated carbocycles. The molecule has 2 unspecified atom stereocenters. The minimum atomic E-state index is -0.763. The van der Waals surface area contributed by atoms with E-state index in [9.17, 15) is 0 Å². The summed E-state index contributed by atoms with van der Waals surface area (Å²) in [5.41, 5.74) is 0.922. The van der Waals surface area contributed by atoms with Crippen LogP contribution in [-0.2, 0) is 0 Å². The van der Waals surface area contributed by atoms with Crippen molar-refractivity contribution in [1.29, 1.82) is 0 Å². The summed E-state index contributed by atoms with van der Waals surface area (Å²) in [6, 6.07) is 9.66. The van der Waals surface area contributed by atoms with E-state index >= 15 is 0 Å². The van der Waals surface area contributed by atoms with Gasteiger partial charge in [-0.3, -0.25) is 0 Å². The Morgan fingerprint density at radius 3 is 2.47 bits per heavy atom. The third-order valence-corrected chi connectivity index (χ3v) is 4.31. The lowest BCUT2D eigenvalue weighted by molar-refractivity contribution is 0.376. The molecule has 2 atom stereocenters. The molecule has 17 heavy (non-hydrogen) atoms. The van der Waals surface area contributed by atoms with Crippen molar-refractivity contribution in [3.8, 4) is 11.4 Å². The van der Waals surface area contributed by atoms with Gasteiger partial charge in [-0.05, 0) is 0 Å². The van der Waals surface area contributed by atoms with Crippen molar-refractivity contribution >= 4 is 23.2 Å². The first-order valence-electron chi connectivity index (χ1n) is 5.37. The molecular weight excluding hydrogens is 259 g/mol. The average molecular weight is 269 g/mol. The smallest absolute Gasteiger partial charge is 0.233 e. The van der Waals surface area contributed by atoms with Crippen molar-refractivity contribution in [3.05, 3.63) is 36.2 Å². The van der Waals surface area contributed by atoms with Crippen LogP contribution in [0.3, 0.4) is 0 Å². The summed E-state index contributed by atoms with van der Waals surface area (Å²) in [4.78, 5) is 4.34. The molecule has 1 fully saturated rings. The Balaban J connectivity index is 1.90. The fourth-order valence-corrected chi connectivity index (χ4v) is 2.61. The molecule has 0 saturated heterocycles. The molecule has 1 aliphatic carbocycles. The van der Waals surface area contributed by atoms with Gasteiger partial charge in [0.2, 0.25) is 11.7 Å².